The maximum absolute atomic E-state index is 5.87. The van der Waals surface area contributed by atoms with Gasteiger partial charge in [0.25, 0.3) is 0 Å². The van der Waals surface area contributed by atoms with Gasteiger partial charge >= 0.3 is 0 Å². The molecule has 2 aromatic heterocycles. The van der Waals surface area contributed by atoms with Crippen molar-refractivity contribution in [3.05, 3.63) is 36.8 Å². The Kier molecular flexibility index (Phi) is 5.11. The summed E-state index contributed by atoms with van der Waals surface area (Å²) in [6.45, 7) is 2.77. The number of hydrogen-bond acceptors (Lipinski definition) is 6. The second-order valence-electron chi connectivity index (χ2n) is 5.35. The van der Waals surface area contributed by atoms with Crippen LogP contribution in [0.25, 0.3) is 0 Å². The lowest BCUT2D eigenvalue weighted by Gasteiger charge is -2.33. The first-order valence-electron chi connectivity index (χ1n) is 7.50. The zero-order valence-corrected chi connectivity index (χ0v) is 13.5. The van der Waals surface area contributed by atoms with Gasteiger partial charge in [0.05, 0.1) is 6.61 Å². The van der Waals surface area contributed by atoms with E-state index in [4.69, 9.17) is 4.74 Å². The fourth-order valence-electron chi connectivity index (χ4n) is 2.66. The minimum absolute atomic E-state index is 0.523. The summed E-state index contributed by atoms with van der Waals surface area (Å²) < 4.78 is 5.87. The van der Waals surface area contributed by atoms with E-state index in [9.17, 15) is 0 Å². The van der Waals surface area contributed by atoms with Crippen LogP contribution in [0.2, 0.25) is 0 Å². The van der Waals surface area contributed by atoms with Crippen LogP contribution < -0.4 is 9.64 Å². The molecule has 0 saturated carbocycles. The van der Waals surface area contributed by atoms with Crippen LogP contribution in [0.4, 0.5) is 5.82 Å². The number of piperidine rings is 1. The fraction of sp³-hybridized carbons (Fsp3) is 0.438. The maximum Gasteiger partial charge on any atom is 0.189 e. The molecule has 1 aliphatic heterocycles. The Morgan fingerprint density at radius 1 is 1.27 bits per heavy atom. The van der Waals surface area contributed by atoms with Crippen LogP contribution in [0, 0.1) is 5.92 Å². The Morgan fingerprint density at radius 3 is 2.95 bits per heavy atom. The molecule has 0 aliphatic carbocycles. The topological polar surface area (TPSA) is 51.1 Å². The van der Waals surface area contributed by atoms with Crippen molar-refractivity contribution in [2.45, 2.75) is 18.0 Å². The van der Waals surface area contributed by atoms with Crippen LogP contribution in [0.3, 0.4) is 0 Å². The van der Waals surface area contributed by atoms with Gasteiger partial charge in [-0.3, -0.25) is 4.98 Å². The summed E-state index contributed by atoms with van der Waals surface area (Å²) in [5.41, 5.74) is 0. The van der Waals surface area contributed by atoms with Gasteiger partial charge in [0.1, 0.15) is 11.6 Å². The molecule has 3 heterocycles. The average molecular weight is 316 g/mol. The van der Waals surface area contributed by atoms with Crippen LogP contribution in [-0.2, 0) is 0 Å². The molecule has 116 valence electrons. The van der Waals surface area contributed by atoms with Gasteiger partial charge in [-0.05, 0) is 37.3 Å². The predicted molar refractivity (Wildman–Crippen MR) is 88.5 cm³/mol. The maximum atomic E-state index is 5.87. The minimum atomic E-state index is 0.523. The molecule has 0 spiro atoms. The molecule has 1 saturated heterocycles. The SMILES string of the molecule is CSc1nccc(N2CCCC(COc3ccncc3)C2)n1. The Morgan fingerprint density at radius 2 is 2.14 bits per heavy atom. The molecule has 5 nitrogen and oxygen atoms in total. The van der Waals surface area contributed by atoms with Crippen LogP contribution in [0.5, 0.6) is 5.75 Å². The average Bonchev–Trinajstić information content (AvgIpc) is 2.61. The van der Waals surface area contributed by atoms with Crippen LogP contribution in [0.15, 0.2) is 41.9 Å². The number of anilines is 1. The number of nitrogens with zero attached hydrogens (tertiary/aromatic N) is 4. The zero-order valence-electron chi connectivity index (χ0n) is 12.7. The largest absolute Gasteiger partial charge is 0.493 e. The molecule has 0 N–H and O–H groups in total. The second kappa shape index (κ2) is 7.45. The summed E-state index contributed by atoms with van der Waals surface area (Å²) in [4.78, 5) is 15.2. The fourth-order valence-corrected chi connectivity index (χ4v) is 3.02. The van der Waals surface area contributed by atoms with Gasteiger partial charge in [0.2, 0.25) is 0 Å². The Labute approximate surface area is 135 Å². The Bertz CT molecular complexity index is 596. The van der Waals surface area contributed by atoms with Crippen molar-refractivity contribution >= 4 is 17.6 Å². The smallest absolute Gasteiger partial charge is 0.189 e. The number of thioether (sulfide) groups is 1. The molecule has 3 rings (SSSR count). The third-order valence-corrected chi connectivity index (χ3v) is 4.34. The van der Waals surface area contributed by atoms with Crippen molar-refractivity contribution in [3.8, 4) is 5.75 Å². The van der Waals surface area contributed by atoms with E-state index in [2.05, 4.69) is 19.9 Å². The first-order chi connectivity index (χ1) is 10.8. The molecule has 1 unspecified atom stereocenters. The highest BCUT2D eigenvalue weighted by molar-refractivity contribution is 7.98. The number of aromatic nitrogens is 3. The molecule has 1 aliphatic rings. The second-order valence-corrected chi connectivity index (χ2v) is 6.12. The van der Waals surface area contributed by atoms with Gasteiger partial charge in [-0.25, -0.2) is 9.97 Å². The lowest BCUT2D eigenvalue weighted by molar-refractivity contribution is 0.228. The lowest BCUT2D eigenvalue weighted by atomic mass is 9.99. The van der Waals surface area contributed by atoms with Crippen molar-refractivity contribution < 1.29 is 4.74 Å². The van der Waals surface area contributed by atoms with E-state index in [1.807, 2.05) is 30.7 Å². The third kappa shape index (κ3) is 3.88. The molecule has 22 heavy (non-hydrogen) atoms. The number of rotatable bonds is 5. The van der Waals surface area contributed by atoms with E-state index >= 15 is 0 Å². The van der Waals surface area contributed by atoms with Gasteiger partial charge < -0.3 is 9.64 Å². The molecule has 0 aromatic carbocycles. The number of hydrogen-bond donors (Lipinski definition) is 0. The molecule has 0 bridgehead atoms. The molecule has 6 heteroatoms. The van der Waals surface area contributed by atoms with Gasteiger partial charge in [-0.2, -0.15) is 0 Å². The highest BCUT2D eigenvalue weighted by Crippen LogP contribution is 2.23. The van der Waals surface area contributed by atoms with E-state index in [1.165, 1.54) is 12.8 Å². The number of ether oxygens (including phenoxy) is 1. The van der Waals surface area contributed by atoms with E-state index in [0.717, 1.165) is 36.4 Å². The molecule has 0 amide bonds. The molecule has 1 atom stereocenters. The summed E-state index contributed by atoms with van der Waals surface area (Å²) in [6, 6.07) is 5.79. The first kappa shape index (κ1) is 15.1. The van der Waals surface area contributed by atoms with Gasteiger partial charge in [-0.15, -0.1) is 0 Å². The molecule has 0 radical (unpaired) electrons. The van der Waals surface area contributed by atoms with E-state index in [-0.39, 0.29) is 0 Å². The van der Waals surface area contributed by atoms with Crippen LogP contribution in [0.1, 0.15) is 12.8 Å². The van der Waals surface area contributed by atoms with Crippen molar-refractivity contribution in [1.82, 2.24) is 15.0 Å². The quantitative estimate of drug-likeness (QED) is 0.624. The van der Waals surface area contributed by atoms with Gasteiger partial charge in [0.15, 0.2) is 5.16 Å². The number of pyridine rings is 1. The normalized spacial score (nSPS) is 18.2. The van der Waals surface area contributed by atoms with Crippen molar-refractivity contribution in [2.24, 2.45) is 5.92 Å². The summed E-state index contributed by atoms with van der Waals surface area (Å²) in [5, 5.41) is 0.827. The standard InChI is InChI=1S/C16H20N4OS/c1-22-16-18-9-6-15(19-16)20-10-2-3-13(11-20)12-21-14-4-7-17-8-5-14/h4-9,13H,2-3,10-12H2,1H3. The summed E-state index contributed by atoms with van der Waals surface area (Å²) in [7, 11) is 0. The molecular weight excluding hydrogens is 296 g/mol. The molecule has 2 aromatic rings. The summed E-state index contributed by atoms with van der Waals surface area (Å²) in [5.74, 6) is 2.43. The molecule has 1 fully saturated rings. The highest BCUT2D eigenvalue weighted by atomic mass is 32.2. The highest BCUT2D eigenvalue weighted by Gasteiger charge is 2.21. The summed E-state index contributed by atoms with van der Waals surface area (Å²) in [6.07, 6.45) is 9.72. The Hall–Kier alpha value is -1.82. The Balaban J connectivity index is 1.59. The van der Waals surface area contributed by atoms with E-state index in [0.29, 0.717) is 5.92 Å². The van der Waals surface area contributed by atoms with Gasteiger partial charge in [-0.1, -0.05) is 11.8 Å². The lowest BCUT2D eigenvalue weighted by Crippen LogP contribution is -2.38. The summed E-state index contributed by atoms with van der Waals surface area (Å²) >= 11 is 1.58. The van der Waals surface area contributed by atoms with Gasteiger partial charge in [0, 0.05) is 37.6 Å². The monoisotopic (exact) mass is 316 g/mol. The van der Waals surface area contributed by atoms with Crippen molar-refractivity contribution in [1.29, 1.82) is 0 Å². The van der Waals surface area contributed by atoms with Crippen molar-refractivity contribution in [3.63, 3.8) is 0 Å². The molecular formula is C16H20N4OS. The predicted octanol–water partition coefficient (Wildman–Crippen LogP) is 2.89. The van der Waals surface area contributed by atoms with E-state index < -0.39 is 0 Å². The van der Waals surface area contributed by atoms with Crippen molar-refractivity contribution in [2.75, 3.05) is 30.9 Å². The van der Waals surface area contributed by atoms with E-state index in [1.54, 1.807) is 24.2 Å². The minimum Gasteiger partial charge on any atom is -0.493 e. The van der Waals surface area contributed by atoms with Crippen LogP contribution >= 0.6 is 11.8 Å². The first-order valence-corrected chi connectivity index (χ1v) is 8.72. The third-order valence-electron chi connectivity index (χ3n) is 3.78. The van der Waals surface area contributed by atoms with Crippen LogP contribution in [-0.4, -0.2) is 40.9 Å². The zero-order chi connectivity index (χ0) is 15.2.